The first-order valence-corrected chi connectivity index (χ1v) is 5.12. The first kappa shape index (κ1) is 12.5. The maximum Gasteiger partial charge on any atom is 0.339 e. The lowest BCUT2D eigenvalue weighted by Gasteiger charge is -2.12. The molecule has 0 radical (unpaired) electrons. The van der Waals surface area contributed by atoms with Gasteiger partial charge in [-0.25, -0.2) is 4.79 Å². The molecule has 0 saturated heterocycles. The molecule has 0 aliphatic carbocycles. The SMILES string of the molecule is CCOC(=O)C(O)c1cc(C)c(O)c(C)c1. The Morgan fingerprint density at radius 3 is 2.31 bits per heavy atom. The summed E-state index contributed by atoms with van der Waals surface area (Å²) < 4.78 is 4.72. The number of phenolic OH excluding ortho intramolecular Hbond substituents is 1. The van der Waals surface area contributed by atoms with Gasteiger partial charge >= 0.3 is 5.97 Å². The quantitative estimate of drug-likeness (QED) is 0.765. The average Bonchev–Trinajstić information content (AvgIpc) is 2.24. The molecule has 16 heavy (non-hydrogen) atoms. The summed E-state index contributed by atoms with van der Waals surface area (Å²) in [6.07, 6.45) is -1.29. The van der Waals surface area contributed by atoms with Crippen molar-refractivity contribution in [2.75, 3.05) is 6.61 Å². The second-order valence-corrected chi connectivity index (χ2v) is 3.66. The predicted molar refractivity (Wildman–Crippen MR) is 59.2 cm³/mol. The smallest absolute Gasteiger partial charge is 0.339 e. The molecule has 0 amide bonds. The minimum Gasteiger partial charge on any atom is -0.507 e. The van der Waals surface area contributed by atoms with E-state index in [1.807, 2.05) is 0 Å². The van der Waals surface area contributed by atoms with Gasteiger partial charge in [-0.15, -0.1) is 0 Å². The molecule has 1 unspecified atom stereocenters. The van der Waals surface area contributed by atoms with Crippen LogP contribution in [-0.4, -0.2) is 22.8 Å². The van der Waals surface area contributed by atoms with Crippen LogP contribution >= 0.6 is 0 Å². The van der Waals surface area contributed by atoms with Crippen LogP contribution in [0.1, 0.15) is 29.7 Å². The van der Waals surface area contributed by atoms with E-state index in [4.69, 9.17) is 4.74 Å². The van der Waals surface area contributed by atoms with Gasteiger partial charge in [0.1, 0.15) is 5.75 Å². The molecule has 0 fully saturated rings. The largest absolute Gasteiger partial charge is 0.507 e. The van der Waals surface area contributed by atoms with E-state index in [1.54, 1.807) is 32.9 Å². The molecule has 1 rings (SSSR count). The Bertz CT molecular complexity index is 375. The van der Waals surface area contributed by atoms with Crippen LogP contribution in [0.3, 0.4) is 0 Å². The van der Waals surface area contributed by atoms with Crippen molar-refractivity contribution in [2.45, 2.75) is 26.9 Å². The van der Waals surface area contributed by atoms with Gasteiger partial charge in [-0.2, -0.15) is 0 Å². The minimum absolute atomic E-state index is 0.180. The van der Waals surface area contributed by atoms with Gasteiger partial charge in [0.25, 0.3) is 0 Å². The Kier molecular flexibility index (Phi) is 3.90. The fourth-order valence-electron chi connectivity index (χ4n) is 1.50. The number of hydrogen-bond donors (Lipinski definition) is 2. The van der Waals surface area contributed by atoms with Crippen molar-refractivity contribution in [3.63, 3.8) is 0 Å². The standard InChI is InChI=1S/C12H16O4/c1-4-16-12(15)11(14)9-5-7(2)10(13)8(3)6-9/h5-6,11,13-14H,4H2,1-3H3. The monoisotopic (exact) mass is 224 g/mol. The topological polar surface area (TPSA) is 66.8 Å². The fraction of sp³-hybridized carbons (Fsp3) is 0.417. The molecule has 0 saturated carbocycles. The third-order valence-electron chi connectivity index (χ3n) is 2.34. The van der Waals surface area contributed by atoms with Crippen molar-refractivity contribution in [3.8, 4) is 5.75 Å². The van der Waals surface area contributed by atoms with E-state index in [0.29, 0.717) is 16.7 Å². The highest BCUT2D eigenvalue weighted by molar-refractivity contribution is 5.76. The number of rotatable bonds is 3. The van der Waals surface area contributed by atoms with Crippen LogP contribution in [0.2, 0.25) is 0 Å². The maximum absolute atomic E-state index is 11.3. The summed E-state index contributed by atoms with van der Waals surface area (Å²) in [4.78, 5) is 11.3. The van der Waals surface area contributed by atoms with Crippen molar-refractivity contribution in [3.05, 3.63) is 28.8 Å². The van der Waals surface area contributed by atoms with Crippen LogP contribution in [0, 0.1) is 13.8 Å². The number of aromatic hydroxyl groups is 1. The van der Waals surface area contributed by atoms with Gasteiger partial charge in [-0.05, 0) is 49.6 Å². The van der Waals surface area contributed by atoms with Crippen LogP contribution in [0.25, 0.3) is 0 Å². The zero-order valence-electron chi connectivity index (χ0n) is 9.65. The van der Waals surface area contributed by atoms with E-state index >= 15 is 0 Å². The number of benzene rings is 1. The molecule has 2 N–H and O–H groups in total. The molecular weight excluding hydrogens is 208 g/mol. The van der Waals surface area contributed by atoms with Crippen LogP contribution in [0.5, 0.6) is 5.75 Å². The van der Waals surface area contributed by atoms with Crippen LogP contribution in [-0.2, 0) is 9.53 Å². The van der Waals surface area contributed by atoms with Crippen molar-refractivity contribution >= 4 is 5.97 Å². The Hall–Kier alpha value is -1.55. The van der Waals surface area contributed by atoms with Gasteiger partial charge < -0.3 is 14.9 Å². The molecule has 0 bridgehead atoms. The molecular formula is C12H16O4. The fourth-order valence-corrected chi connectivity index (χ4v) is 1.50. The number of aliphatic hydroxyl groups excluding tert-OH is 1. The Labute approximate surface area is 94.5 Å². The lowest BCUT2D eigenvalue weighted by atomic mass is 10.0. The predicted octanol–water partition coefficient (Wildman–Crippen LogP) is 1.61. The lowest BCUT2D eigenvalue weighted by Crippen LogP contribution is -2.15. The molecule has 0 aliphatic heterocycles. The zero-order chi connectivity index (χ0) is 12.3. The molecule has 1 atom stereocenters. The van der Waals surface area contributed by atoms with E-state index < -0.39 is 12.1 Å². The summed E-state index contributed by atoms with van der Waals surface area (Å²) in [7, 11) is 0. The van der Waals surface area contributed by atoms with Gasteiger partial charge in [0, 0.05) is 0 Å². The minimum atomic E-state index is -1.29. The number of hydrogen-bond acceptors (Lipinski definition) is 4. The summed E-state index contributed by atoms with van der Waals surface area (Å²) in [6.45, 7) is 5.33. The number of aryl methyl sites for hydroxylation is 2. The van der Waals surface area contributed by atoms with Crippen LogP contribution in [0.15, 0.2) is 12.1 Å². The molecule has 1 aromatic rings. The number of aliphatic hydroxyl groups is 1. The zero-order valence-corrected chi connectivity index (χ0v) is 9.65. The third-order valence-corrected chi connectivity index (χ3v) is 2.34. The van der Waals surface area contributed by atoms with Gasteiger partial charge in [-0.3, -0.25) is 0 Å². The number of carbonyl (C=O) groups is 1. The molecule has 0 aliphatic rings. The van der Waals surface area contributed by atoms with Gasteiger partial charge in [0.15, 0.2) is 6.10 Å². The van der Waals surface area contributed by atoms with Crippen LogP contribution in [0.4, 0.5) is 0 Å². The first-order chi connectivity index (χ1) is 7.47. The van der Waals surface area contributed by atoms with E-state index in [9.17, 15) is 15.0 Å². The molecule has 0 aromatic heterocycles. The molecule has 1 aromatic carbocycles. The summed E-state index contributed by atoms with van der Waals surface area (Å²) >= 11 is 0. The second kappa shape index (κ2) is 4.99. The summed E-state index contributed by atoms with van der Waals surface area (Å²) in [5.41, 5.74) is 1.68. The summed E-state index contributed by atoms with van der Waals surface area (Å²) in [5.74, 6) is -0.494. The summed E-state index contributed by atoms with van der Waals surface area (Å²) in [5, 5.41) is 19.3. The van der Waals surface area contributed by atoms with Gasteiger partial charge in [0.05, 0.1) is 6.61 Å². The highest BCUT2D eigenvalue weighted by Crippen LogP contribution is 2.26. The Morgan fingerprint density at radius 1 is 1.38 bits per heavy atom. The lowest BCUT2D eigenvalue weighted by molar-refractivity contribution is -0.153. The van der Waals surface area contributed by atoms with Crippen molar-refractivity contribution < 1.29 is 19.7 Å². The highest BCUT2D eigenvalue weighted by atomic mass is 16.5. The van der Waals surface area contributed by atoms with Gasteiger partial charge in [-0.1, -0.05) is 0 Å². The molecule has 4 nitrogen and oxygen atoms in total. The normalized spacial score (nSPS) is 12.2. The Morgan fingerprint density at radius 2 is 1.88 bits per heavy atom. The second-order valence-electron chi connectivity index (χ2n) is 3.66. The third kappa shape index (κ3) is 2.52. The Balaban J connectivity index is 3.01. The van der Waals surface area contributed by atoms with Crippen molar-refractivity contribution in [1.29, 1.82) is 0 Å². The first-order valence-electron chi connectivity index (χ1n) is 5.12. The van der Waals surface area contributed by atoms with Crippen LogP contribution < -0.4 is 0 Å². The maximum atomic E-state index is 11.3. The number of ether oxygens (including phenoxy) is 1. The van der Waals surface area contributed by atoms with Crippen molar-refractivity contribution in [2.24, 2.45) is 0 Å². The molecule has 0 heterocycles. The molecule has 88 valence electrons. The summed E-state index contributed by atoms with van der Waals surface area (Å²) in [6, 6.07) is 3.15. The highest BCUT2D eigenvalue weighted by Gasteiger charge is 2.19. The van der Waals surface area contributed by atoms with Crippen molar-refractivity contribution in [1.82, 2.24) is 0 Å². The number of esters is 1. The van der Waals surface area contributed by atoms with Gasteiger partial charge in [0.2, 0.25) is 0 Å². The number of phenols is 1. The molecule has 0 spiro atoms. The van der Waals surface area contributed by atoms with E-state index in [0.717, 1.165) is 0 Å². The van der Waals surface area contributed by atoms with E-state index in [2.05, 4.69) is 0 Å². The average molecular weight is 224 g/mol. The molecule has 4 heteroatoms. The van der Waals surface area contributed by atoms with E-state index in [1.165, 1.54) is 0 Å². The number of carbonyl (C=O) groups excluding carboxylic acids is 1. The van der Waals surface area contributed by atoms with E-state index in [-0.39, 0.29) is 12.4 Å².